The quantitative estimate of drug-likeness (QED) is 0.297. The first-order valence-corrected chi connectivity index (χ1v) is 11.5. The molecule has 0 fully saturated rings. The molecule has 0 aliphatic rings. The second kappa shape index (κ2) is 10.6. The number of carbonyl (C=O) groups excluding carboxylic acids is 1. The minimum Gasteiger partial charge on any atom is -0.272 e. The van der Waals surface area contributed by atoms with Gasteiger partial charge in [-0.25, -0.2) is 5.43 Å². The third-order valence-corrected chi connectivity index (χ3v) is 7.21. The number of halogens is 1. The van der Waals surface area contributed by atoms with Gasteiger partial charge in [-0.05, 0) is 29.7 Å². The first-order chi connectivity index (χ1) is 13.6. The number of aromatic nitrogens is 2. The number of thioether (sulfide) groups is 2. The van der Waals surface area contributed by atoms with E-state index in [0.717, 1.165) is 36.1 Å². The van der Waals surface area contributed by atoms with Crippen LogP contribution in [0, 0.1) is 6.92 Å². The summed E-state index contributed by atoms with van der Waals surface area (Å²) < 4.78 is 1.60. The van der Waals surface area contributed by atoms with Crippen molar-refractivity contribution in [3.63, 3.8) is 0 Å². The standard InChI is InChI=1S/C19H17ClN4OS3/c1-13-6-2-3-7-14(13)10-21-22-17(25)12-27-19-24-23-18(28-19)26-11-15-8-4-5-9-16(15)20/h2-10H,11-12H2,1H3,(H,22,25)/b21-10-. The molecule has 0 radical (unpaired) electrons. The van der Waals surface area contributed by atoms with Gasteiger partial charge in [-0.3, -0.25) is 4.79 Å². The Hall–Kier alpha value is -1.87. The third-order valence-electron chi connectivity index (χ3n) is 3.60. The van der Waals surface area contributed by atoms with Crippen LogP contribution >= 0.6 is 46.5 Å². The maximum atomic E-state index is 11.9. The van der Waals surface area contributed by atoms with E-state index in [1.54, 1.807) is 18.0 Å². The summed E-state index contributed by atoms with van der Waals surface area (Å²) in [5.41, 5.74) is 5.67. The molecule has 0 unspecified atom stereocenters. The second-order valence-electron chi connectivity index (χ2n) is 5.65. The molecule has 0 atom stereocenters. The van der Waals surface area contributed by atoms with Crippen LogP contribution in [-0.2, 0) is 10.5 Å². The van der Waals surface area contributed by atoms with Crippen molar-refractivity contribution in [1.82, 2.24) is 15.6 Å². The highest BCUT2D eigenvalue weighted by Crippen LogP contribution is 2.32. The predicted octanol–water partition coefficient (Wildman–Crippen LogP) is 5.03. The minimum absolute atomic E-state index is 0.185. The average molecular weight is 449 g/mol. The Morgan fingerprint density at radius 1 is 1.14 bits per heavy atom. The summed E-state index contributed by atoms with van der Waals surface area (Å²) in [5, 5.41) is 13.0. The van der Waals surface area contributed by atoms with E-state index in [2.05, 4.69) is 20.7 Å². The Kier molecular flexibility index (Phi) is 7.90. The highest BCUT2D eigenvalue weighted by Gasteiger charge is 2.09. The fraction of sp³-hybridized carbons (Fsp3) is 0.158. The number of hydrogen-bond acceptors (Lipinski definition) is 7. The second-order valence-corrected chi connectivity index (χ2v) is 9.48. The summed E-state index contributed by atoms with van der Waals surface area (Å²) >= 11 is 10.6. The van der Waals surface area contributed by atoms with Crippen molar-refractivity contribution in [3.05, 3.63) is 70.2 Å². The molecule has 3 rings (SSSR count). The van der Waals surface area contributed by atoms with Crippen molar-refractivity contribution in [3.8, 4) is 0 Å². The van der Waals surface area contributed by atoms with Gasteiger partial charge in [0, 0.05) is 10.8 Å². The van der Waals surface area contributed by atoms with Gasteiger partial charge in [-0.15, -0.1) is 10.2 Å². The maximum Gasteiger partial charge on any atom is 0.250 e. The zero-order chi connectivity index (χ0) is 19.8. The van der Waals surface area contributed by atoms with Crippen molar-refractivity contribution in [1.29, 1.82) is 0 Å². The van der Waals surface area contributed by atoms with Crippen LogP contribution < -0.4 is 5.43 Å². The highest BCUT2D eigenvalue weighted by atomic mass is 35.5. The van der Waals surface area contributed by atoms with Crippen molar-refractivity contribution in [2.45, 2.75) is 21.4 Å². The zero-order valence-electron chi connectivity index (χ0n) is 15.0. The van der Waals surface area contributed by atoms with Gasteiger partial charge in [0.25, 0.3) is 5.91 Å². The molecule has 2 aromatic carbocycles. The molecule has 1 N–H and O–H groups in total. The van der Waals surface area contributed by atoms with Crippen LogP contribution in [0.25, 0.3) is 0 Å². The average Bonchev–Trinajstić information content (AvgIpc) is 3.15. The van der Waals surface area contributed by atoms with Crippen LogP contribution in [0.5, 0.6) is 0 Å². The molecule has 0 saturated heterocycles. The number of rotatable bonds is 8. The number of carbonyl (C=O) groups is 1. The Morgan fingerprint density at radius 3 is 2.64 bits per heavy atom. The molecule has 0 aliphatic heterocycles. The summed E-state index contributed by atoms with van der Waals surface area (Å²) in [6.07, 6.45) is 1.65. The van der Waals surface area contributed by atoms with Gasteiger partial charge in [-0.2, -0.15) is 5.10 Å². The molecule has 1 amide bonds. The normalized spacial score (nSPS) is 11.1. The fourth-order valence-corrected chi connectivity index (χ4v) is 5.23. The smallest absolute Gasteiger partial charge is 0.250 e. The third kappa shape index (κ3) is 6.34. The summed E-state index contributed by atoms with van der Waals surface area (Å²) in [4.78, 5) is 11.9. The molecule has 0 saturated carbocycles. The molecule has 28 heavy (non-hydrogen) atoms. The molecule has 1 aromatic heterocycles. The summed E-state index contributed by atoms with van der Waals surface area (Å²) in [5.74, 6) is 0.775. The topological polar surface area (TPSA) is 67.2 Å². The number of hydrogen-bond donors (Lipinski definition) is 1. The van der Waals surface area contributed by atoms with E-state index in [1.807, 2.05) is 55.5 Å². The van der Waals surface area contributed by atoms with Crippen LogP contribution in [0.2, 0.25) is 5.02 Å². The van der Waals surface area contributed by atoms with E-state index in [4.69, 9.17) is 11.6 Å². The fourth-order valence-electron chi connectivity index (χ4n) is 2.13. The number of hydrazone groups is 1. The Labute approximate surface area is 181 Å². The van der Waals surface area contributed by atoms with Gasteiger partial charge in [-0.1, -0.05) is 88.9 Å². The monoisotopic (exact) mass is 448 g/mol. The van der Waals surface area contributed by atoms with Crippen LogP contribution in [0.15, 0.2) is 62.3 Å². The van der Waals surface area contributed by atoms with Gasteiger partial charge in [0.05, 0.1) is 12.0 Å². The van der Waals surface area contributed by atoms with E-state index >= 15 is 0 Å². The largest absolute Gasteiger partial charge is 0.272 e. The lowest BCUT2D eigenvalue weighted by molar-refractivity contribution is -0.118. The van der Waals surface area contributed by atoms with Crippen molar-refractivity contribution >= 4 is 58.6 Å². The van der Waals surface area contributed by atoms with Crippen LogP contribution in [0.1, 0.15) is 16.7 Å². The molecule has 5 nitrogen and oxygen atoms in total. The Morgan fingerprint density at radius 2 is 1.86 bits per heavy atom. The first kappa shape index (κ1) is 20.9. The maximum absolute atomic E-state index is 11.9. The number of amides is 1. The number of benzene rings is 2. The number of nitrogens with zero attached hydrogens (tertiary/aromatic N) is 3. The predicted molar refractivity (Wildman–Crippen MR) is 119 cm³/mol. The molecule has 0 spiro atoms. The van der Waals surface area contributed by atoms with E-state index in [1.165, 1.54) is 23.1 Å². The van der Waals surface area contributed by atoms with Crippen LogP contribution in [0.4, 0.5) is 0 Å². The molecular formula is C19H17ClN4OS3. The lowest BCUT2D eigenvalue weighted by Crippen LogP contribution is -2.19. The van der Waals surface area contributed by atoms with Crippen LogP contribution in [0.3, 0.4) is 0 Å². The SMILES string of the molecule is Cc1ccccc1/C=N\NC(=O)CSc1nnc(SCc2ccccc2Cl)s1. The summed E-state index contributed by atoms with van der Waals surface area (Å²) in [6.45, 7) is 2.00. The van der Waals surface area contributed by atoms with Crippen molar-refractivity contribution in [2.75, 3.05) is 5.75 Å². The van der Waals surface area contributed by atoms with Gasteiger partial charge >= 0.3 is 0 Å². The van der Waals surface area contributed by atoms with Gasteiger partial charge in [0.2, 0.25) is 0 Å². The van der Waals surface area contributed by atoms with Crippen molar-refractivity contribution < 1.29 is 4.79 Å². The molecular weight excluding hydrogens is 432 g/mol. The Balaban J connectivity index is 1.43. The van der Waals surface area contributed by atoms with E-state index in [0.29, 0.717) is 0 Å². The van der Waals surface area contributed by atoms with E-state index in [9.17, 15) is 4.79 Å². The van der Waals surface area contributed by atoms with Gasteiger partial charge < -0.3 is 0 Å². The minimum atomic E-state index is -0.185. The van der Waals surface area contributed by atoms with E-state index < -0.39 is 0 Å². The lowest BCUT2D eigenvalue weighted by atomic mass is 10.1. The molecule has 144 valence electrons. The van der Waals surface area contributed by atoms with Gasteiger partial charge in [0.1, 0.15) is 0 Å². The Bertz CT molecular complexity index is 977. The molecule has 0 bridgehead atoms. The molecule has 3 aromatic rings. The first-order valence-electron chi connectivity index (χ1n) is 8.32. The van der Waals surface area contributed by atoms with E-state index in [-0.39, 0.29) is 11.7 Å². The molecule has 0 aliphatic carbocycles. The van der Waals surface area contributed by atoms with Crippen LogP contribution in [-0.4, -0.2) is 28.1 Å². The number of nitrogens with one attached hydrogen (secondary N) is 1. The highest BCUT2D eigenvalue weighted by molar-refractivity contribution is 8.03. The summed E-state index contributed by atoms with van der Waals surface area (Å²) in [7, 11) is 0. The van der Waals surface area contributed by atoms with Gasteiger partial charge in [0.15, 0.2) is 8.68 Å². The van der Waals surface area contributed by atoms with Crippen molar-refractivity contribution in [2.24, 2.45) is 5.10 Å². The lowest BCUT2D eigenvalue weighted by Gasteiger charge is -2.00. The summed E-state index contributed by atoms with van der Waals surface area (Å²) in [6, 6.07) is 15.6. The zero-order valence-corrected chi connectivity index (χ0v) is 18.2. The molecule has 1 heterocycles. The number of aryl methyl sites for hydroxylation is 1. The molecule has 9 heteroatoms.